The molecule has 7 heteroatoms. The minimum atomic E-state index is -0.319. The van der Waals surface area contributed by atoms with E-state index in [1.165, 1.54) is 12.1 Å². The SMILES string of the molecule is Fc1ccc2nc(N3CCC(COc4ccncc4Cl)CC3)oc2c1. The van der Waals surface area contributed by atoms with Crippen LogP contribution in [0.4, 0.5) is 10.4 Å². The first kappa shape index (κ1) is 16.1. The highest BCUT2D eigenvalue weighted by Crippen LogP contribution is 2.28. The molecule has 1 aromatic carbocycles. The van der Waals surface area contributed by atoms with Crippen molar-refractivity contribution in [2.75, 3.05) is 24.6 Å². The smallest absolute Gasteiger partial charge is 0.298 e. The monoisotopic (exact) mass is 361 g/mol. The van der Waals surface area contributed by atoms with Crippen LogP contribution in [0.25, 0.3) is 11.1 Å². The zero-order chi connectivity index (χ0) is 17.2. The molecule has 3 aromatic rings. The molecule has 0 bridgehead atoms. The number of ether oxygens (including phenoxy) is 1. The van der Waals surface area contributed by atoms with Crippen LogP contribution in [0.15, 0.2) is 41.1 Å². The van der Waals surface area contributed by atoms with E-state index < -0.39 is 0 Å². The van der Waals surface area contributed by atoms with Gasteiger partial charge in [-0.05, 0) is 30.9 Å². The number of piperidine rings is 1. The molecule has 130 valence electrons. The van der Waals surface area contributed by atoms with Gasteiger partial charge in [-0.1, -0.05) is 11.6 Å². The fraction of sp³-hybridized carbons (Fsp3) is 0.333. The topological polar surface area (TPSA) is 51.4 Å². The predicted octanol–water partition coefficient (Wildman–Crippen LogP) is 4.31. The second kappa shape index (κ2) is 6.88. The molecule has 4 rings (SSSR count). The van der Waals surface area contributed by atoms with Crippen LogP contribution >= 0.6 is 11.6 Å². The third-order valence-electron chi connectivity index (χ3n) is 4.43. The van der Waals surface area contributed by atoms with E-state index in [1.54, 1.807) is 24.5 Å². The summed E-state index contributed by atoms with van der Waals surface area (Å²) >= 11 is 6.05. The number of hydrogen-bond acceptors (Lipinski definition) is 5. The average Bonchev–Trinajstić information content (AvgIpc) is 3.04. The number of oxazole rings is 1. The Labute approximate surface area is 149 Å². The summed E-state index contributed by atoms with van der Waals surface area (Å²) in [5.74, 6) is 0.795. The van der Waals surface area contributed by atoms with E-state index in [-0.39, 0.29) is 5.82 Å². The summed E-state index contributed by atoms with van der Waals surface area (Å²) in [6.07, 6.45) is 5.18. The van der Waals surface area contributed by atoms with Gasteiger partial charge in [-0.25, -0.2) is 4.39 Å². The average molecular weight is 362 g/mol. The first-order valence-electron chi connectivity index (χ1n) is 8.22. The third kappa shape index (κ3) is 3.54. The van der Waals surface area contributed by atoms with Crippen molar-refractivity contribution in [1.82, 2.24) is 9.97 Å². The molecular formula is C18H17ClFN3O2. The van der Waals surface area contributed by atoms with Crippen molar-refractivity contribution in [2.45, 2.75) is 12.8 Å². The molecule has 0 spiro atoms. The fourth-order valence-electron chi connectivity index (χ4n) is 3.00. The maximum Gasteiger partial charge on any atom is 0.298 e. The van der Waals surface area contributed by atoms with Gasteiger partial charge in [0.2, 0.25) is 0 Å². The van der Waals surface area contributed by atoms with Gasteiger partial charge in [0.25, 0.3) is 6.01 Å². The summed E-state index contributed by atoms with van der Waals surface area (Å²) in [6, 6.07) is 6.72. The standard InChI is InChI=1S/C18H17ClFN3O2/c19-14-10-21-6-3-16(14)24-11-12-4-7-23(8-5-12)18-22-15-2-1-13(20)9-17(15)25-18/h1-3,6,9-10,12H,4-5,7-8,11H2. The zero-order valence-corrected chi connectivity index (χ0v) is 14.2. The van der Waals surface area contributed by atoms with Gasteiger partial charge in [-0.2, -0.15) is 4.98 Å². The molecule has 0 unspecified atom stereocenters. The summed E-state index contributed by atoms with van der Waals surface area (Å²) in [7, 11) is 0. The van der Waals surface area contributed by atoms with Gasteiger partial charge in [0.15, 0.2) is 5.58 Å². The van der Waals surface area contributed by atoms with E-state index in [0.29, 0.717) is 40.4 Å². The molecule has 1 fully saturated rings. The highest BCUT2D eigenvalue weighted by molar-refractivity contribution is 6.31. The van der Waals surface area contributed by atoms with Crippen LogP contribution in [-0.2, 0) is 0 Å². The Balaban J connectivity index is 1.35. The maximum atomic E-state index is 13.3. The normalized spacial score (nSPS) is 15.7. The minimum Gasteiger partial charge on any atom is -0.492 e. The van der Waals surface area contributed by atoms with Gasteiger partial charge in [0.05, 0.1) is 6.61 Å². The summed E-state index contributed by atoms with van der Waals surface area (Å²) < 4.78 is 24.8. The van der Waals surface area contributed by atoms with Crippen LogP contribution in [0.1, 0.15) is 12.8 Å². The van der Waals surface area contributed by atoms with Gasteiger partial charge in [-0.15, -0.1) is 0 Å². The largest absolute Gasteiger partial charge is 0.492 e. The van der Waals surface area contributed by atoms with Crippen molar-refractivity contribution in [3.8, 4) is 5.75 Å². The number of halogens is 2. The highest BCUT2D eigenvalue weighted by Gasteiger charge is 2.23. The summed E-state index contributed by atoms with van der Waals surface area (Å²) in [5.41, 5.74) is 1.15. The molecule has 1 aliphatic heterocycles. The van der Waals surface area contributed by atoms with Crippen LogP contribution in [0, 0.1) is 11.7 Å². The molecule has 0 amide bonds. The Bertz CT molecular complexity index is 878. The number of aromatic nitrogens is 2. The van der Waals surface area contributed by atoms with Gasteiger partial charge in [-0.3, -0.25) is 4.98 Å². The van der Waals surface area contributed by atoms with Gasteiger partial charge in [0, 0.05) is 37.6 Å². The molecule has 0 radical (unpaired) electrons. The van der Waals surface area contributed by atoms with Crippen molar-refractivity contribution in [2.24, 2.45) is 5.92 Å². The number of hydrogen-bond donors (Lipinski definition) is 0. The Morgan fingerprint density at radius 3 is 2.92 bits per heavy atom. The lowest BCUT2D eigenvalue weighted by Crippen LogP contribution is -2.35. The van der Waals surface area contributed by atoms with E-state index >= 15 is 0 Å². The quantitative estimate of drug-likeness (QED) is 0.693. The van der Waals surface area contributed by atoms with Crippen molar-refractivity contribution in [3.63, 3.8) is 0 Å². The van der Waals surface area contributed by atoms with Crippen LogP contribution in [-0.4, -0.2) is 29.7 Å². The fourth-order valence-corrected chi connectivity index (χ4v) is 3.17. The number of anilines is 1. The molecule has 3 heterocycles. The summed E-state index contributed by atoms with van der Waals surface area (Å²) in [5, 5.41) is 0.527. The van der Waals surface area contributed by atoms with Crippen LogP contribution in [0.3, 0.4) is 0 Å². The number of rotatable bonds is 4. The molecule has 0 aliphatic carbocycles. The number of fused-ring (bicyclic) bond motifs is 1. The third-order valence-corrected chi connectivity index (χ3v) is 4.72. The number of pyridine rings is 1. The van der Waals surface area contributed by atoms with Crippen LogP contribution < -0.4 is 9.64 Å². The zero-order valence-electron chi connectivity index (χ0n) is 13.5. The number of benzene rings is 1. The molecule has 5 nitrogen and oxygen atoms in total. The second-order valence-corrected chi connectivity index (χ2v) is 6.56. The Morgan fingerprint density at radius 2 is 2.12 bits per heavy atom. The van der Waals surface area contributed by atoms with Gasteiger partial charge >= 0.3 is 0 Å². The van der Waals surface area contributed by atoms with Crippen molar-refractivity contribution in [1.29, 1.82) is 0 Å². The summed E-state index contributed by atoms with van der Waals surface area (Å²) in [4.78, 5) is 10.5. The number of nitrogens with zero attached hydrogens (tertiary/aromatic N) is 3. The van der Waals surface area contributed by atoms with E-state index in [2.05, 4.69) is 14.9 Å². The van der Waals surface area contributed by atoms with Gasteiger partial charge in [0.1, 0.15) is 22.1 Å². The molecule has 1 aliphatic rings. The van der Waals surface area contributed by atoms with Crippen molar-refractivity contribution >= 4 is 28.7 Å². The van der Waals surface area contributed by atoms with Crippen molar-refractivity contribution in [3.05, 3.63) is 47.5 Å². The van der Waals surface area contributed by atoms with E-state index in [0.717, 1.165) is 25.9 Å². The molecule has 2 aromatic heterocycles. The lowest BCUT2D eigenvalue weighted by Gasteiger charge is -2.30. The predicted molar refractivity (Wildman–Crippen MR) is 93.6 cm³/mol. The minimum absolute atomic E-state index is 0.319. The van der Waals surface area contributed by atoms with Crippen LogP contribution in [0.2, 0.25) is 5.02 Å². The molecule has 0 atom stereocenters. The van der Waals surface area contributed by atoms with Gasteiger partial charge < -0.3 is 14.1 Å². The Kier molecular flexibility index (Phi) is 4.44. The molecule has 0 N–H and O–H groups in total. The van der Waals surface area contributed by atoms with E-state index in [1.807, 2.05) is 0 Å². The highest BCUT2D eigenvalue weighted by atomic mass is 35.5. The van der Waals surface area contributed by atoms with E-state index in [9.17, 15) is 4.39 Å². The maximum absolute atomic E-state index is 13.3. The molecular weight excluding hydrogens is 345 g/mol. The first-order valence-corrected chi connectivity index (χ1v) is 8.60. The lowest BCUT2D eigenvalue weighted by atomic mass is 9.98. The second-order valence-electron chi connectivity index (χ2n) is 6.16. The Hall–Kier alpha value is -2.34. The van der Waals surface area contributed by atoms with Crippen LogP contribution in [0.5, 0.6) is 5.75 Å². The van der Waals surface area contributed by atoms with E-state index in [4.69, 9.17) is 20.8 Å². The lowest BCUT2D eigenvalue weighted by molar-refractivity contribution is 0.221. The molecule has 0 saturated carbocycles. The molecule has 25 heavy (non-hydrogen) atoms. The Morgan fingerprint density at radius 1 is 1.28 bits per heavy atom. The molecule has 1 saturated heterocycles. The van der Waals surface area contributed by atoms with Crippen molar-refractivity contribution < 1.29 is 13.5 Å². The first-order chi connectivity index (χ1) is 12.2. The summed E-state index contributed by atoms with van der Waals surface area (Å²) in [6.45, 7) is 2.27.